The van der Waals surface area contributed by atoms with E-state index in [2.05, 4.69) is 20.6 Å². The van der Waals surface area contributed by atoms with Gasteiger partial charge in [-0.05, 0) is 32.6 Å². The molecule has 0 saturated heterocycles. The molecule has 1 aliphatic carbocycles. The zero-order valence-electron chi connectivity index (χ0n) is 12.7. The zero-order valence-corrected chi connectivity index (χ0v) is 13.5. The molecule has 1 aliphatic rings. The second-order valence-corrected chi connectivity index (χ2v) is 6.78. The summed E-state index contributed by atoms with van der Waals surface area (Å²) < 4.78 is 2.01. The number of hydrogen-bond acceptors (Lipinski definition) is 4. The average molecular weight is 319 g/mol. The molecule has 2 aromatic rings. The summed E-state index contributed by atoms with van der Waals surface area (Å²) in [6, 6.07) is 0.0260. The van der Waals surface area contributed by atoms with Gasteiger partial charge in [-0.1, -0.05) is 0 Å². The topological polar surface area (TPSA) is 71.8 Å². The van der Waals surface area contributed by atoms with E-state index in [0.717, 1.165) is 37.2 Å². The summed E-state index contributed by atoms with van der Waals surface area (Å²) in [6.07, 6.45) is 9.48. The number of hydrogen-bond donors (Lipinski definition) is 2. The standard InChI is InChI=1S/C15H21N5OS/c1-11-18-12-4-2-5-13(14(12)22-11)19-15(21)17-6-3-8-20-9-7-16-10-20/h7,9-10,13H,2-6,8H2,1H3,(H2,17,19,21). The van der Waals surface area contributed by atoms with Crippen molar-refractivity contribution in [1.29, 1.82) is 0 Å². The summed E-state index contributed by atoms with van der Waals surface area (Å²) in [5.41, 5.74) is 1.17. The number of nitrogens with one attached hydrogen (secondary N) is 2. The lowest BCUT2D eigenvalue weighted by atomic mass is 9.98. The smallest absolute Gasteiger partial charge is 0.315 e. The number of urea groups is 1. The predicted octanol–water partition coefficient (Wildman–Crippen LogP) is 2.41. The van der Waals surface area contributed by atoms with Crippen LogP contribution in [-0.4, -0.2) is 27.1 Å². The highest BCUT2D eigenvalue weighted by atomic mass is 32.1. The summed E-state index contributed by atoms with van der Waals surface area (Å²) in [5.74, 6) is 0. The van der Waals surface area contributed by atoms with E-state index in [1.165, 1.54) is 10.6 Å². The van der Waals surface area contributed by atoms with Crippen LogP contribution in [0.15, 0.2) is 18.7 Å². The number of aryl methyl sites for hydroxylation is 3. The minimum Gasteiger partial charge on any atom is -0.338 e. The molecule has 22 heavy (non-hydrogen) atoms. The lowest BCUT2D eigenvalue weighted by Gasteiger charge is -2.22. The quantitative estimate of drug-likeness (QED) is 0.831. The molecule has 1 unspecified atom stereocenters. The number of carbonyl (C=O) groups is 1. The number of thiazole rings is 1. The maximum atomic E-state index is 12.0. The van der Waals surface area contributed by atoms with Gasteiger partial charge in [0.2, 0.25) is 0 Å². The minimum absolute atomic E-state index is 0.0884. The first-order chi connectivity index (χ1) is 10.7. The van der Waals surface area contributed by atoms with Crippen molar-refractivity contribution in [1.82, 2.24) is 25.2 Å². The Bertz CT molecular complexity index is 622. The van der Waals surface area contributed by atoms with Crippen LogP contribution in [0.3, 0.4) is 0 Å². The molecule has 0 bridgehead atoms. The van der Waals surface area contributed by atoms with Crippen LogP contribution in [0.25, 0.3) is 0 Å². The molecular weight excluding hydrogens is 298 g/mol. The Kier molecular flexibility index (Phi) is 4.72. The molecule has 2 aromatic heterocycles. The molecule has 3 rings (SSSR count). The van der Waals surface area contributed by atoms with Gasteiger partial charge in [-0.25, -0.2) is 14.8 Å². The maximum absolute atomic E-state index is 12.0. The van der Waals surface area contributed by atoms with Crippen molar-refractivity contribution in [3.05, 3.63) is 34.3 Å². The molecule has 118 valence electrons. The molecule has 0 aliphatic heterocycles. The minimum atomic E-state index is -0.0884. The van der Waals surface area contributed by atoms with Gasteiger partial charge >= 0.3 is 6.03 Å². The molecule has 2 amide bonds. The Morgan fingerprint density at radius 2 is 2.45 bits per heavy atom. The summed E-state index contributed by atoms with van der Waals surface area (Å²) in [5, 5.41) is 7.10. The number of aromatic nitrogens is 3. The van der Waals surface area contributed by atoms with Crippen LogP contribution in [0.2, 0.25) is 0 Å². The van der Waals surface area contributed by atoms with E-state index in [1.807, 2.05) is 17.7 Å². The van der Waals surface area contributed by atoms with Gasteiger partial charge in [0.05, 0.1) is 27.9 Å². The van der Waals surface area contributed by atoms with Crippen molar-refractivity contribution < 1.29 is 4.79 Å². The molecule has 0 spiro atoms. The third-order valence-corrected chi connectivity index (χ3v) is 4.93. The summed E-state index contributed by atoms with van der Waals surface area (Å²) >= 11 is 1.70. The molecule has 0 fully saturated rings. The largest absolute Gasteiger partial charge is 0.338 e. The van der Waals surface area contributed by atoms with Crippen LogP contribution in [0.5, 0.6) is 0 Å². The number of amides is 2. The monoisotopic (exact) mass is 319 g/mol. The highest BCUT2D eigenvalue weighted by Gasteiger charge is 2.24. The third kappa shape index (κ3) is 3.65. The zero-order chi connectivity index (χ0) is 15.4. The highest BCUT2D eigenvalue weighted by Crippen LogP contribution is 2.33. The van der Waals surface area contributed by atoms with E-state index < -0.39 is 0 Å². The second-order valence-electron chi connectivity index (χ2n) is 5.54. The van der Waals surface area contributed by atoms with Crippen LogP contribution in [0, 0.1) is 6.92 Å². The van der Waals surface area contributed by atoms with Crippen LogP contribution in [0.1, 0.15) is 40.9 Å². The fourth-order valence-corrected chi connectivity index (χ4v) is 3.83. The van der Waals surface area contributed by atoms with E-state index >= 15 is 0 Å². The van der Waals surface area contributed by atoms with Crippen LogP contribution < -0.4 is 10.6 Å². The summed E-state index contributed by atoms with van der Waals surface area (Å²) in [4.78, 5) is 21.8. The van der Waals surface area contributed by atoms with Crippen LogP contribution in [0.4, 0.5) is 4.79 Å². The molecule has 2 N–H and O–H groups in total. The van der Waals surface area contributed by atoms with Gasteiger partial charge in [-0.15, -0.1) is 11.3 Å². The molecular formula is C15H21N5OS. The third-order valence-electron chi connectivity index (χ3n) is 3.80. The Hall–Kier alpha value is -1.89. The Balaban J connectivity index is 1.44. The molecule has 2 heterocycles. The van der Waals surface area contributed by atoms with Gasteiger partial charge in [0.1, 0.15) is 0 Å². The van der Waals surface area contributed by atoms with Gasteiger partial charge < -0.3 is 15.2 Å². The Labute approximate surface area is 134 Å². The maximum Gasteiger partial charge on any atom is 0.315 e. The molecule has 0 saturated carbocycles. The van der Waals surface area contributed by atoms with Crippen molar-refractivity contribution in [2.24, 2.45) is 0 Å². The Morgan fingerprint density at radius 3 is 3.27 bits per heavy atom. The van der Waals surface area contributed by atoms with Gasteiger partial charge in [-0.2, -0.15) is 0 Å². The molecule has 6 nitrogen and oxygen atoms in total. The average Bonchev–Trinajstić information content (AvgIpc) is 3.12. The predicted molar refractivity (Wildman–Crippen MR) is 85.9 cm³/mol. The van der Waals surface area contributed by atoms with Crippen molar-refractivity contribution >= 4 is 17.4 Å². The van der Waals surface area contributed by atoms with Crippen molar-refractivity contribution in [3.8, 4) is 0 Å². The fourth-order valence-electron chi connectivity index (χ4n) is 2.77. The lowest BCUT2D eigenvalue weighted by Crippen LogP contribution is -2.39. The van der Waals surface area contributed by atoms with Crippen LogP contribution >= 0.6 is 11.3 Å². The van der Waals surface area contributed by atoms with Crippen molar-refractivity contribution in [2.45, 2.75) is 45.2 Å². The normalized spacial score (nSPS) is 17.0. The fraction of sp³-hybridized carbons (Fsp3) is 0.533. The van der Waals surface area contributed by atoms with Crippen molar-refractivity contribution in [2.75, 3.05) is 6.54 Å². The number of nitrogens with zero attached hydrogens (tertiary/aromatic N) is 3. The van der Waals surface area contributed by atoms with Gasteiger partial charge in [0.15, 0.2) is 0 Å². The van der Waals surface area contributed by atoms with E-state index in [0.29, 0.717) is 6.54 Å². The number of rotatable bonds is 5. The van der Waals surface area contributed by atoms with Crippen LogP contribution in [-0.2, 0) is 13.0 Å². The number of carbonyl (C=O) groups excluding carboxylic acids is 1. The summed E-state index contributed by atoms with van der Waals surface area (Å²) in [7, 11) is 0. The highest BCUT2D eigenvalue weighted by molar-refractivity contribution is 7.11. The van der Waals surface area contributed by atoms with E-state index in [9.17, 15) is 4.79 Å². The summed E-state index contributed by atoms with van der Waals surface area (Å²) in [6.45, 7) is 3.55. The Morgan fingerprint density at radius 1 is 1.55 bits per heavy atom. The molecule has 7 heteroatoms. The van der Waals surface area contributed by atoms with Crippen molar-refractivity contribution in [3.63, 3.8) is 0 Å². The van der Waals surface area contributed by atoms with Gasteiger partial charge in [0.25, 0.3) is 0 Å². The SMILES string of the molecule is Cc1nc2c(s1)C(NC(=O)NCCCn1ccnc1)CCC2. The lowest BCUT2D eigenvalue weighted by molar-refractivity contribution is 0.235. The number of fused-ring (bicyclic) bond motifs is 1. The van der Waals surface area contributed by atoms with E-state index in [4.69, 9.17) is 0 Å². The van der Waals surface area contributed by atoms with Gasteiger partial charge in [-0.3, -0.25) is 0 Å². The number of imidazole rings is 1. The van der Waals surface area contributed by atoms with E-state index in [1.54, 1.807) is 23.9 Å². The molecule has 0 radical (unpaired) electrons. The second kappa shape index (κ2) is 6.91. The van der Waals surface area contributed by atoms with Gasteiger partial charge in [0, 0.05) is 25.5 Å². The molecule has 0 aromatic carbocycles. The first kappa shape index (κ1) is 15.0. The van der Waals surface area contributed by atoms with E-state index in [-0.39, 0.29) is 12.1 Å². The molecule has 1 atom stereocenters. The first-order valence-corrected chi connectivity index (χ1v) is 8.50. The first-order valence-electron chi connectivity index (χ1n) is 7.68.